The van der Waals surface area contributed by atoms with Crippen LogP contribution in [0, 0.1) is 19.8 Å². The van der Waals surface area contributed by atoms with Crippen molar-refractivity contribution in [3.63, 3.8) is 0 Å². The molecule has 19 heavy (non-hydrogen) atoms. The van der Waals surface area contributed by atoms with Crippen LogP contribution in [0.4, 0.5) is 0 Å². The number of hydrogen-bond acceptors (Lipinski definition) is 2. The van der Waals surface area contributed by atoms with Crippen molar-refractivity contribution in [2.24, 2.45) is 5.92 Å². The van der Waals surface area contributed by atoms with Gasteiger partial charge in [0.15, 0.2) is 0 Å². The Morgan fingerprint density at radius 2 is 2.05 bits per heavy atom. The van der Waals surface area contributed by atoms with E-state index in [1.165, 1.54) is 36.0 Å². The van der Waals surface area contributed by atoms with Crippen LogP contribution in [0.15, 0.2) is 12.1 Å². The molecule has 0 radical (unpaired) electrons. The average Bonchev–Trinajstić information content (AvgIpc) is 3.19. The lowest BCUT2D eigenvalue weighted by atomic mass is 9.96. The Morgan fingerprint density at radius 1 is 1.32 bits per heavy atom. The molecule has 1 aliphatic rings. The maximum absolute atomic E-state index is 5.55. The minimum Gasteiger partial charge on any atom is -0.496 e. The molecule has 2 rings (SSSR count). The predicted molar refractivity (Wildman–Crippen MR) is 81.0 cm³/mol. The zero-order valence-electron chi connectivity index (χ0n) is 12.8. The maximum atomic E-state index is 5.55. The standard InChI is InChI=1S/C17H27NO/c1-5-18-16(14-6-7-14)9-8-15-13(3)10-12(2)11-17(15)19-4/h10-11,14,16,18H,5-9H2,1-4H3. The Kier molecular flexibility index (Phi) is 4.87. The van der Waals surface area contributed by atoms with Crippen molar-refractivity contribution >= 4 is 0 Å². The van der Waals surface area contributed by atoms with Crippen LogP contribution in [-0.2, 0) is 6.42 Å². The largest absolute Gasteiger partial charge is 0.496 e. The third-order valence-corrected chi connectivity index (χ3v) is 4.16. The highest BCUT2D eigenvalue weighted by Gasteiger charge is 2.30. The Bertz CT molecular complexity index is 424. The summed E-state index contributed by atoms with van der Waals surface area (Å²) in [6.07, 6.45) is 5.14. The number of rotatable bonds is 7. The lowest BCUT2D eigenvalue weighted by molar-refractivity contribution is 0.402. The van der Waals surface area contributed by atoms with Gasteiger partial charge in [-0.3, -0.25) is 0 Å². The van der Waals surface area contributed by atoms with Crippen LogP contribution in [-0.4, -0.2) is 19.7 Å². The van der Waals surface area contributed by atoms with E-state index in [0.717, 1.165) is 24.6 Å². The Labute approximate surface area is 117 Å². The summed E-state index contributed by atoms with van der Waals surface area (Å²) in [7, 11) is 1.78. The van der Waals surface area contributed by atoms with Gasteiger partial charge in [0.2, 0.25) is 0 Å². The van der Waals surface area contributed by atoms with Crippen LogP contribution < -0.4 is 10.1 Å². The number of benzene rings is 1. The quantitative estimate of drug-likeness (QED) is 0.809. The van der Waals surface area contributed by atoms with Gasteiger partial charge in [-0.2, -0.15) is 0 Å². The zero-order valence-corrected chi connectivity index (χ0v) is 12.8. The number of hydrogen-bond donors (Lipinski definition) is 1. The lowest BCUT2D eigenvalue weighted by Gasteiger charge is -2.19. The summed E-state index contributed by atoms with van der Waals surface area (Å²) in [6.45, 7) is 7.60. The summed E-state index contributed by atoms with van der Waals surface area (Å²) in [5, 5.41) is 3.64. The van der Waals surface area contributed by atoms with E-state index in [4.69, 9.17) is 4.74 Å². The lowest BCUT2D eigenvalue weighted by Crippen LogP contribution is -2.31. The van der Waals surface area contributed by atoms with Gasteiger partial charge in [-0.05, 0) is 74.8 Å². The number of ether oxygens (including phenoxy) is 1. The molecular weight excluding hydrogens is 234 g/mol. The van der Waals surface area contributed by atoms with Crippen LogP contribution >= 0.6 is 0 Å². The SMILES string of the molecule is CCNC(CCc1c(C)cc(C)cc1OC)C1CC1. The van der Waals surface area contributed by atoms with Gasteiger partial charge in [0, 0.05) is 6.04 Å². The molecule has 2 heteroatoms. The molecule has 0 aliphatic heterocycles. The number of methoxy groups -OCH3 is 1. The normalized spacial score (nSPS) is 16.4. The summed E-state index contributed by atoms with van der Waals surface area (Å²) >= 11 is 0. The molecule has 1 unspecified atom stereocenters. The predicted octanol–water partition coefficient (Wildman–Crippen LogP) is 3.63. The van der Waals surface area contributed by atoms with Gasteiger partial charge in [-0.15, -0.1) is 0 Å². The molecular formula is C17H27NO. The second-order valence-electron chi connectivity index (χ2n) is 5.80. The molecule has 1 aromatic carbocycles. The first-order valence-electron chi connectivity index (χ1n) is 7.53. The first-order chi connectivity index (χ1) is 9.15. The van der Waals surface area contributed by atoms with Crippen LogP contribution in [0.1, 0.15) is 42.9 Å². The van der Waals surface area contributed by atoms with E-state index in [9.17, 15) is 0 Å². The van der Waals surface area contributed by atoms with Crippen LogP contribution in [0.25, 0.3) is 0 Å². The van der Waals surface area contributed by atoms with Gasteiger partial charge in [0.1, 0.15) is 5.75 Å². The fourth-order valence-corrected chi connectivity index (χ4v) is 3.03. The first kappa shape index (κ1) is 14.4. The van der Waals surface area contributed by atoms with Crippen molar-refractivity contribution in [3.05, 3.63) is 28.8 Å². The van der Waals surface area contributed by atoms with Crippen molar-refractivity contribution in [3.8, 4) is 5.75 Å². The molecule has 0 amide bonds. The molecule has 0 spiro atoms. The summed E-state index contributed by atoms with van der Waals surface area (Å²) in [5.74, 6) is 1.97. The van der Waals surface area contributed by atoms with Gasteiger partial charge in [-0.25, -0.2) is 0 Å². The van der Waals surface area contributed by atoms with E-state index in [1.807, 2.05) is 0 Å². The van der Waals surface area contributed by atoms with E-state index in [1.54, 1.807) is 7.11 Å². The van der Waals surface area contributed by atoms with Crippen LogP contribution in [0.2, 0.25) is 0 Å². The second-order valence-corrected chi connectivity index (χ2v) is 5.80. The molecule has 2 nitrogen and oxygen atoms in total. The molecule has 0 bridgehead atoms. The minimum atomic E-state index is 0.690. The number of nitrogens with one attached hydrogen (secondary N) is 1. The van der Waals surface area contributed by atoms with Crippen molar-refractivity contribution < 1.29 is 4.74 Å². The monoisotopic (exact) mass is 261 g/mol. The van der Waals surface area contributed by atoms with Crippen molar-refractivity contribution in [1.29, 1.82) is 0 Å². The average molecular weight is 261 g/mol. The molecule has 1 saturated carbocycles. The van der Waals surface area contributed by atoms with Gasteiger partial charge in [0.25, 0.3) is 0 Å². The van der Waals surface area contributed by atoms with Crippen LogP contribution in [0.5, 0.6) is 5.75 Å². The third kappa shape index (κ3) is 3.73. The van der Waals surface area contributed by atoms with E-state index in [-0.39, 0.29) is 0 Å². The highest BCUT2D eigenvalue weighted by atomic mass is 16.5. The minimum absolute atomic E-state index is 0.690. The van der Waals surface area contributed by atoms with Gasteiger partial charge < -0.3 is 10.1 Å². The van der Waals surface area contributed by atoms with Gasteiger partial charge >= 0.3 is 0 Å². The van der Waals surface area contributed by atoms with Gasteiger partial charge in [-0.1, -0.05) is 13.0 Å². The fourth-order valence-electron chi connectivity index (χ4n) is 3.03. The Morgan fingerprint density at radius 3 is 2.63 bits per heavy atom. The molecule has 1 atom stereocenters. The second kappa shape index (κ2) is 6.42. The highest BCUT2D eigenvalue weighted by Crippen LogP contribution is 2.35. The van der Waals surface area contributed by atoms with Crippen molar-refractivity contribution in [2.75, 3.05) is 13.7 Å². The molecule has 106 valence electrons. The summed E-state index contributed by atoms with van der Waals surface area (Å²) < 4.78 is 5.55. The fraction of sp³-hybridized carbons (Fsp3) is 0.647. The number of aryl methyl sites for hydroxylation is 2. The molecule has 1 N–H and O–H groups in total. The molecule has 0 saturated heterocycles. The van der Waals surface area contributed by atoms with Crippen LogP contribution in [0.3, 0.4) is 0 Å². The molecule has 1 fully saturated rings. The smallest absolute Gasteiger partial charge is 0.122 e. The van der Waals surface area contributed by atoms with E-state index >= 15 is 0 Å². The molecule has 1 aromatic rings. The van der Waals surface area contributed by atoms with Gasteiger partial charge in [0.05, 0.1) is 7.11 Å². The highest BCUT2D eigenvalue weighted by molar-refractivity contribution is 5.43. The van der Waals surface area contributed by atoms with Crippen molar-refractivity contribution in [2.45, 2.75) is 52.5 Å². The summed E-state index contributed by atoms with van der Waals surface area (Å²) in [6, 6.07) is 5.11. The summed E-state index contributed by atoms with van der Waals surface area (Å²) in [4.78, 5) is 0. The first-order valence-corrected chi connectivity index (χ1v) is 7.53. The van der Waals surface area contributed by atoms with Crippen molar-refractivity contribution in [1.82, 2.24) is 5.32 Å². The molecule has 0 heterocycles. The van der Waals surface area contributed by atoms with E-state index < -0.39 is 0 Å². The molecule has 1 aliphatic carbocycles. The summed E-state index contributed by atoms with van der Waals surface area (Å²) in [5.41, 5.74) is 4.03. The third-order valence-electron chi connectivity index (χ3n) is 4.16. The zero-order chi connectivity index (χ0) is 13.8. The topological polar surface area (TPSA) is 21.3 Å². The van der Waals surface area contributed by atoms with E-state index in [2.05, 4.69) is 38.2 Å². The molecule has 0 aromatic heterocycles. The maximum Gasteiger partial charge on any atom is 0.122 e. The Hall–Kier alpha value is -1.02. The van der Waals surface area contributed by atoms with E-state index in [0.29, 0.717) is 6.04 Å². The Balaban J connectivity index is 2.05.